The van der Waals surface area contributed by atoms with Gasteiger partial charge in [-0.25, -0.2) is 0 Å². The van der Waals surface area contributed by atoms with E-state index in [1.807, 2.05) is 24.3 Å². The topological polar surface area (TPSA) is 61.6 Å². The summed E-state index contributed by atoms with van der Waals surface area (Å²) in [5.41, 5.74) is 2.01. The van der Waals surface area contributed by atoms with Gasteiger partial charge >= 0.3 is 0 Å². The molecule has 0 spiro atoms. The van der Waals surface area contributed by atoms with Crippen molar-refractivity contribution in [3.05, 3.63) is 30.0 Å². The Morgan fingerprint density at radius 2 is 1.89 bits per heavy atom. The standard InChI is InChI=1S/C15H18N4/c1-10(15(2,3)4)17-14-11-7-5-6-8-12(11)18-19-13(14)9-16/h5-8,10H,1-4H3,(H,17,18). The molecule has 0 saturated heterocycles. The molecule has 0 aliphatic carbocycles. The van der Waals surface area contributed by atoms with Gasteiger partial charge < -0.3 is 5.32 Å². The Bertz CT molecular complexity index is 635. The van der Waals surface area contributed by atoms with Crippen LogP contribution >= 0.6 is 0 Å². The van der Waals surface area contributed by atoms with Crippen molar-refractivity contribution in [2.24, 2.45) is 5.41 Å². The second-order valence-electron chi connectivity index (χ2n) is 5.78. The van der Waals surface area contributed by atoms with Crippen LogP contribution in [0.15, 0.2) is 24.3 Å². The summed E-state index contributed by atoms with van der Waals surface area (Å²) in [6, 6.07) is 10.0. The zero-order valence-corrected chi connectivity index (χ0v) is 11.7. The third-order valence-electron chi connectivity index (χ3n) is 3.43. The fraction of sp³-hybridized carbons (Fsp3) is 0.400. The van der Waals surface area contributed by atoms with E-state index in [9.17, 15) is 5.26 Å². The first kappa shape index (κ1) is 13.3. The predicted octanol–water partition coefficient (Wildman–Crippen LogP) is 3.35. The number of aromatic nitrogens is 2. The van der Waals surface area contributed by atoms with Crippen molar-refractivity contribution in [1.29, 1.82) is 5.26 Å². The normalized spacial score (nSPS) is 13.0. The molecule has 2 rings (SSSR count). The maximum absolute atomic E-state index is 9.20. The average molecular weight is 254 g/mol. The Morgan fingerprint density at radius 1 is 1.21 bits per heavy atom. The Labute approximate surface area is 113 Å². The van der Waals surface area contributed by atoms with Gasteiger partial charge in [0.15, 0.2) is 5.69 Å². The number of nitriles is 1. The minimum absolute atomic E-state index is 0.0943. The summed E-state index contributed by atoms with van der Waals surface area (Å²) >= 11 is 0. The van der Waals surface area contributed by atoms with Crippen LogP contribution in [0, 0.1) is 16.7 Å². The molecule has 1 heterocycles. The fourth-order valence-corrected chi connectivity index (χ4v) is 1.71. The lowest BCUT2D eigenvalue weighted by Crippen LogP contribution is -2.31. The van der Waals surface area contributed by atoms with E-state index < -0.39 is 0 Å². The molecule has 1 aromatic carbocycles. The van der Waals surface area contributed by atoms with Gasteiger partial charge in [-0.2, -0.15) is 5.26 Å². The van der Waals surface area contributed by atoms with Crippen molar-refractivity contribution in [3.8, 4) is 6.07 Å². The molecule has 4 heteroatoms. The minimum Gasteiger partial charge on any atom is -0.379 e. The van der Waals surface area contributed by atoms with Crippen LogP contribution in [0.1, 0.15) is 33.4 Å². The molecule has 1 N–H and O–H groups in total. The average Bonchev–Trinajstić information content (AvgIpc) is 2.38. The van der Waals surface area contributed by atoms with Crippen molar-refractivity contribution in [2.75, 3.05) is 5.32 Å². The van der Waals surface area contributed by atoms with Crippen LogP contribution < -0.4 is 5.32 Å². The first-order valence-electron chi connectivity index (χ1n) is 6.35. The quantitative estimate of drug-likeness (QED) is 0.892. The number of benzene rings is 1. The summed E-state index contributed by atoms with van der Waals surface area (Å²) in [4.78, 5) is 0. The third kappa shape index (κ3) is 2.65. The predicted molar refractivity (Wildman–Crippen MR) is 76.8 cm³/mol. The monoisotopic (exact) mass is 254 g/mol. The maximum Gasteiger partial charge on any atom is 0.186 e. The van der Waals surface area contributed by atoms with Gasteiger partial charge in [0.05, 0.1) is 11.2 Å². The van der Waals surface area contributed by atoms with Gasteiger partial charge in [0, 0.05) is 11.4 Å². The first-order valence-corrected chi connectivity index (χ1v) is 6.35. The van der Waals surface area contributed by atoms with Crippen LogP contribution in [-0.4, -0.2) is 16.2 Å². The summed E-state index contributed by atoms with van der Waals surface area (Å²) in [5.74, 6) is 0. The number of hydrogen-bond donors (Lipinski definition) is 1. The molecular weight excluding hydrogens is 236 g/mol. The summed E-state index contributed by atoms with van der Waals surface area (Å²) in [7, 11) is 0. The molecule has 4 nitrogen and oxygen atoms in total. The van der Waals surface area contributed by atoms with Crippen LogP contribution in [0.25, 0.3) is 10.9 Å². The lowest BCUT2D eigenvalue weighted by molar-refractivity contribution is 0.359. The highest BCUT2D eigenvalue weighted by molar-refractivity contribution is 5.92. The van der Waals surface area contributed by atoms with Gasteiger partial charge in [-0.3, -0.25) is 0 Å². The van der Waals surface area contributed by atoms with Gasteiger partial charge in [-0.1, -0.05) is 39.0 Å². The molecule has 0 bridgehead atoms. The third-order valence-corrected chi connectivity index (χ3v) is 3.43. The second-order valence-corrected chi connectivity index (χ2v) is 5.78. The molecule has 98 valence electrons. The highest BCUT2D eigenvalue weighted by Gasteiger charge is 2.22. The lowest BCUT2D eigenvalue weighted by atomic mass is 9.88. The molecule has 1 atom stereocenters. The largest absolute Gasteiger partial charge is 0.379 e. The highest BCUT2D eigenvalue weighted by Crippen LogP contribution is 2.28. The molecule has 1 unspecified atom stereocenters. The maximum atomic E-state index is 9.20. The molecule has 0 saturated carbocycles. The number of fused-ring (bicyclic) bond motifs is 1. The van der Waals surface area contributed by atoms with Crippen LogP contribution in [0.2, 0.25) is 0 Å². The van der Waals surface area contributed by atoms with E-state index in [0.29, 0.717) is 5.69 Å². The van der Waals surface area contributed by atoms with E-state index in [1.54, 1.807) is 0 Å². The van der Waals surface area contributed by atoms with Crippen LogP contribution in [0.5, 0.6) is 0 Å². The Hall–Kier alpha value is -2.15. The molecule has 0 fully saturated rings. The molecule has 0 radical (unpaired) electrons. The molecule has 0 amide bonds. The minimum atomic E-state index is 0.0943. The number of rotatable bonds is 2. The van der Waals surface area contributed by atoms with Gasteiger partial charge in [0.2, 0.25) is 0 Å². The number of hydrogen-bond acceptors (Lipinski definition) is 4. The smallest absolute Gasteiger partial charge is 0.186 e. The van der Waals surface area contributed by atoms with Crippen molar-refractivity contribution in [2.45, 2.75) is 33.7 Å². The van der Waals surface area contributed by atoms with Crippen molar-refractivity contribution >= 4 is 16.6 Å². The van der Waals surface area contributed by atoms with Gasteiger partial charge in [-0.15, -0.1) is 10.2 Å². The summed E-state index contributed by atoms with van der Waals surface area (Å²) in [5, 5.41) is 21.6. The Kier molecular flexibility index (Phi) is 3.39. The molecule has 0 aliphatic heterocycles. The van der Waals surface area contributed by atoms with Crippen LogP contribution in [-0.2, 0) is 0 Å². The first-order chi connectivity index (χ1) is 8.93. The zero-order valence-electron chi connectivity index (χ0n) is 11.7. The van der Waals surface area contributed by atoms with Crippen LogP contribution in [0.3, 0.4) is 0 Å². The second kappa shape index (κ2) is 4.85. The SMILES string of the molecule is CC(Nc1c(C#N)nnc2ccccc12)C(C)(C)C. The molecule has 1 aromatic heterocycles. The fourth-order valence-electron chi connectivity index (χ4n) is 1.71. The van der Waals surface area contributed by atoms with Gasteiger partial charge in [0.25, 0.3) is 0 Å². The molecule has 2 aromatic rings. The van der Waals surface area contributed by atoms with Crippen LogP contribution in [0.4, 0.5) is 5.69 Å². The zero-order chi connectivity index (χ0) is 14.0. The molecule has 19 heavy (non-hydrogen) atoms. The van der Waals surface area contributed by atoms with Gasteiger partial charge in [-0.05, 0) is 18.4 Å². The summed E-state index contributed by atoms with van der Waals surface area (Å²) in [6.07, 6.45) is 0. The summed E-state index contributed by atoms with van der Waals surface area (Å²) in [6.45, 7) is 8.59. The highest BCUT2D eigenvalue weighted by atomic mass is 15.1. The molecular formula is C15H18N4. The Morgan fingerprint density at radius 3 is 2.53 bits per heavy atom. The molecule has 0 aliphatic rings. The van der Waals surface area contributed by atoms with Crippen molar-refractivity contribution in [3.63, 3.8) is 0 Å². The number of nitrogens with zero attached hydrogens (tertiary/aromatic N) is 3. The van der Waals surface area contributed by atoms with E-state index in [1.165, 1.54) is 0 Å². The van der Waals surface area contributed by atoms with Crippen molar-refractivity contribution < 1.29 is 0 Å². The van der Waals surface area contributed by atoms with Crippen molar-refractivity contribution in [1.82, 2.24) is 10.2 Å². The lowest BCUT2D eigenvalue weighted by Gasteiger charge is -2.29. The van der Waals surface area contributed by atoms with E-state index in [0.717, 1.165) is 16.6 Å². The van der Waals surface area contributed by atoms with E-state index in [-0.39, 0.29) is 11.5 Å². The Balaban J connectivity index is 2.54. The van der Waals surface area contributed by atoms with E-state index in [4.69, 9.17) is 0 Å². The van der Waals surface area contributed by atoms with E-state index >= 15 is 0 Å². The van der Waals surface area contributed by atoms with E-state index in [2.05, 4.69) is 49.3 Å². The van der Waals surface area contributed by atoms with Gasteiger partial charge in [0.1, 0.15) is 6.07 Å². The number of nitrogens with one attached hydrogen (secondary N) is 1. The summed E-state index contributed by atoms with van der Waals surface area (Å²) < 4.78 is 0. The number of anilines is 1.